The Labute approximate surface area is 128 Å². The maximum Gasteiger partial charge on any atom is 0.162 e. The Morgan fingerprint density at radius 3 is 2.75 bits per heavy atom. The molecule has 0 spiro atoms. The quantitative estimate of drug-likeness (QED) is 0.783. The topological polar surface area (TPSA) is 35.0 Å². The number of ether oxygens (including phenoxy) is 1. The molecule has 3 rings (SSSR count). The van der Waals surface area contributed by atoms with E-state index in [0.717, 1.165) is 23.1 Å². The first-order valence-electron chi connectivity index (χ1n) is 7.15. The molecule has 0 N–H and O–H groups in total. The fourth-order valence-corrected chi connectivity index (χ4v) is 4.41. The summed E-state index contributed by atoms with van der Waals surface area (Å²) >= 11 is 8.22. The van der Waals surface area contributed by atoms with E-state index >= 15 is 0 Å². The van der Waals surface area contributed by atoms with Crippen LogP contribution >= 0.6 is 22.9 Å². The molecule has 2 heterocycles. The largest absolute Gasteiger partial charge is 0.368 e. The average Bonchev–Trinajstić information content (AvgIpc) is 2.77. The molecule has 1 aliphatic rings. The number of aryl methyl sites for hydroxylation is 2. The molecule has 5 heteroatoms. The van der Waals surface area contributed by atoms with E-state index in [1.165, 1.54) is 23.3 Å². The summed E-state index contributed by atoms with van der Waals surface area (Å²) in [5, 5.41) is 1.65. The second-order valence-corrected chi connectivity index (χ2v) is 7.11. The third-order valence-electron chi connectivity index (χ3n) is 3.81. The number of thiophene rings is 1. The summed E-state index contributed by atoms with van der Waals surface area (Å²) in [7, 11) is 0. The molecule has 0 saturated heterocycles. The molecule has 2 aromatic heterocycles. The zero-order chi connectivity index (χ0) is 14.3. The highest BCUT2D eigenvalue weighted by Crippen LogP contribution is 2.39. The van der Waals surface area contributed by atoms with Crippen LogP contribution < -0.4 is 0 Å². The molecule has 0 atom stereocenters. The van der Waals surface area contributed by atoms with Gasteiger partial charge in [0.1, 0.15) is 15.6 Å². The molecule has 0 bridgehead atoms. The maximum atomic E-state index is 6.45. The molecular formula is C15H19ClN2OS. The molecular weight excluding hydrogens is 292 g/mol. The van der Waals surface area contributed by atoms with E-state index < -0.39 is 5.60 Å². The van der Waals surface area contributed by atoms with Crippen molar-refractivity contribution in [2.75, 3.05) is 6.61 Å². The Morgan fingerprint density at radius 1 is 1.25 bits per heavy atom. The van der Waals surface area contributed by atoms with Gasteiger partial charge < -0.3 is 4.74 Å². The van der Waals surface area contributed by atoms with E-state index in [1.54, 1.807) is 11.3 Å². The van der Waals surface area contributed by atoms with Gasteiger partial charge in [0.2, 0.25) is 0 Å². The summed E-state index contributed by atoms with van der Waals surface area (Å²) in [5.41, 5.74) is 0.874. The summed E-state index contributed by atoms with van der Waals surface area (Å²) in [6.45, 7) is 6.59. The third kappa shape index (κ3) is 2.34. The Balaban J connectivity index is 2.15. The fourth-order valence-electron chi connectivity index (χ4n) is 2.81. The van der Waals surface area contributed by atoms with E-state index in [1.807, 2.05) is 20.8 Å². The first-order valence-corrected chi connectivity index (χ1v) is 8.34. The third-order valence-corrected chi connectivity index (χ3v) is 5.27. The number of aromatic nitrogens is 2. The van der Waals surface area contributed by atoms with Crippen LogP contribution in [-0.2, 0) is 23.2 Å². The van der Waals surface area contributed by atoms with Crippen LogP contribution in [0.4, 0.5) is 0 Å². The van der Waals surface area contributed by atoms with E-state index in [-0.39, 0.29) is 0 Å². The van der Waals surface area contributed by atoms with Crippen LogP contribution in [0.25, 0.3) is 10.2 Å². The highest BCUT2D eigenvalue weighted by Gasteiger charge is 2.27. The van der Waals surface area contributed by atoms with Gasteiger partial charge in [-0.2, -0.15) is 0 Å². The van der Waals surface area contributed by atoms with E-state index in [2.05, 4.69) is 4.98 Å². The molecule has 3 nitrogen and oxygen atoms in total. The Hall–Kier alpha value is -0.710. The monoisotopic (exact) mass is 310 g/mol. The number of halogens is 1. The lowest BCUT2D eigenvalue weighted by Crippen LogP contribution is -2.24. The van der Waals surface area contributed by atoms with Crippen LogP contribution in [0.15, 0.2) is 0 Å². The molecule has 0 fully saturated rings. The van der Waals surface area contributed by atoms with Crippen LogP contribution in [0.5, 0.6) is 0 Å². The normalized spacial score (nSPS) is 15.6. The minimum absolute atomic E-state index is 0.503. The van der Waals surface area contributed by atoms with Crippen molar-refractivity contribution < 1.29 is 4.74 Å². The number of hydrogen-bond acceptors (Lipinski definition) is 4. The van der Waals surface area contributed by atoms with Crippen molar-refractivity contribution in [1.82, 2.24) is 9.97 Å². The van der Waals surface area contributed by atoms with Crippen LogP contribution in [0, 0.1) is 0 Å². The molecule has 0 aromatic carbocycles. The smallest absolute Gasteiger partial charge is 0.162 e. The van der Waals surface area contributed by atoms with Crippen molar-refractivity contribution in [3.63, 3.8) is 0 Å². The number of nitrogens with zero attached hydrogens (tertiary/aromatic N) is 2. The van der Waals surface area contributed by atoms with Gasteiger partial charge in [-0.25, -0.2) is 9.97 Å². The zero-order valence-electron chi connectivity index (χ0n) is 12.1. The van der Waals surface area contributed by atoms with Crippen molar-refractivity contribution in [3.05, 3.63) is 21.4 Å². The number of fused-ring (bicyclic) bond motifs is 3. The Bertz CT molecular complexity index is 651. The van der Waals surface area contributed by atoms with Crippen molar-refractivity contribution in [1.29, 1.82) is 0 Å². The molecule has 0 amide bonds. The van der Waals surface area contributed by atoms with Crippen molar-refractivity contribution in [2.24, 2.45) is 0 Å². The molecule has 1 aliphatic carbocycles. The molecule has 0 unspecified atom stereocenters. The van der Waals surface area contributed by atoms with Gasteiger partial charge in [0.05, 0.1) is 5.39 Å². The number of hydrogen-bond donors (Lipinski definition) is 0. The minimum atomic E-state index is -0.503. The molecule has 0 aliphatic heterocycles. The predicted molar refractivity (Wildman–Crippen MR) is 83.7 cm³/mol. The zero-order valence-corrected chi connectivity index (χ0v) is 13.7. The Morgan fingerprint density at radius 2 is 2.00 bits per heavy atom. The fraction of sp³-hybridized carbons (Fsp3) is 0.600. The summed E-state index contributed by atoms with van der Waals surface area (Å²) in [4.78, 5) is 11.7. The van der Waals surface area contributed by atoms with Gasteiger partial charge in [-0.3, -0.25) is 0 Å². The van der Waals surface area contributed by atoms with Gasteiger partial charge >= 0.3 is 0 Å². The second kappa shape index (κ2) is 5.24. The van der Waals surface area contributed by atoms with Crippen molar-refractivity contribution in [3.8, 4) is 0 Å². The first-order chi connectivity index (χ1) is 9.53. The van der Waals surface area contributed by atoms with E-state index in [0.29, 0.717) is 17.6 Å². The van der Waals surface area contributed by atoms with Gasteiger partial charge in [0.15, 0.2) is 5.82 Å². The molecule has 0 saturated carbocycles. The standard InChI is InChI=1S/C15H19ClN2OS/c1-4-19-15(2,3)14-17-12(16)11-9-7-5-6-8-10(9)20-13(11)18-14/h4-8H2,1-3H3. The predicted octanol–water partition coefficient (Wildman–Crippen LogP) is 4.50. The molecule has 108 valence electrons. The van der Waals surface area contributed by atoms with E-state index in [9.17, 15) is 0 Å². The van der Waals surface area contributed by atoms with Crippen LogP contribution in [0.1, 0.15) is 49.9 Å². The number of rotatable bonds is 3. The molecule has 20 heavy (non-hydrogen) atoms. The van der Waals surface area contributed by atoms with Crippen LogP contribution in [0.2, 0.25) is 5.15 Å². The Kier molecular flexibility index (Phi) is 3.73. The van der Waals surface area contributed by atoms with Crippen molar-refractivity contribution >= 4 is 33.2 Å². The van der Waals surface area contributed by atoms with Gasteiger partial charge in [-0.1, -0.05) is 11.6 Å². The average molecular weight is 311 g/mol. The van der Waals surface area contributed by atoms with Gasteiger partial charge in [-0.05, 0) is 52.0 Å². The minimum Gasteiger partial charge on any atom is -0.368 e. The summed E-state index contributed by atoms with van der Waals surface area (Å²) in [6.07, 6.45) is 4.76. The second-order valence-electron chi connectivity index (χ2n) is 5.67. The SMILES string of the molecule is CCOC(C)(C)c1nc(Cl)c2c3c(sc2n1)CCCC3. The van der Waals surface area contributed by atoms with Crippen molar-refractivity contribution in [2.45, 2.75) is 52.1 Å². The maximum absolute atomic E-state index is 6.45. The highest BCUT2D eigenvalue weighted by atomic mass is 35.5. The van der Waals surface area contributed by atoms with Gasteiger partial charge in [-0.15, -0.1) is 11.3 Å². The lowest BCUT2D eigenvalue weighted by atomic mass is 9.97. The van der Waals surface area contributed by atoms with E-state index in [4.69, 9.17) is 21.3 Å². The summed E-state index contributed by atoms with van der Waals surface area (Å²) in [6, 6.07) is 0. The highest BCUT2D eigenvalue weighted by molar-refractivity contribution is 7.19. The lowest BCUT2D eigenvalue weighted by molar-refractivity contribution is -0.0205. The van der Waals surface area contributed by atoms with Gasteiger partial charge in [0.25, 0.3) is 0 Å². The summed E-state index contributed by atoms with van der Waals surface area (Å²) in [5.74, 6) is 0.676. The summed E-state index contributed by atoms with van der Waals surface area (Å²) < 4.78 is 5.74. The van der Waals surface area contributed by atoms with Crippen LogP contribution in [0.3, 0.4) is 0 Å². The molecule has 2 aromatic rings. The lowest BCUT2D eigenvalue weighted by Gasteiger charge is -2.23. The van der Waals surface area contributed by atoms with Gasteiger partial charge in [0, 0.05) is 11.5 Å². The molecule has 0 radical (unpaired) electrons. The van der Waals surface area contributed by atoms with Crippen LogP contribution in [-0.4, -0.2) is 16.6 Å². The first kappa shape index (κ1) is 14.2.